The number of nitrogens with zero attached hydrogens (tertiary/aromatic N) is 1. The average Bonchev–Trinajstić information content (AvgIpc) is 2.83. The molecule has 3 heteroatoms. The molecule has 1 unspecified atom stereocenters. The molecule has 3 rings (SSSR count). The fraction of sp³-hybridized carbons (Fsp3) is 0.562. The number of aliphatic imine (C=N–C) groups is 1. The van der Waals surface area contributed by atoms with Crippen LogP contribution in [0.5, 0.6) is 0 Å². The Bertz CT molecular complexity index is 449. The molecule has 1 aliphatic heterocycles. The molecule has 1 saturated carbocycles. The van der Waals surface area contributed by atoms with Crippen molar-refractivity contribution in [1.29, 1.82) is 0 Å². The molecule has 0 amide bonds. The van der Waals surface area contributed by atoms with Crippen LogP contribution in [0.1, 0.15) is 50.6 Å². The molecule has 2 fully saturated rings. The highest BCUT2D eigenvalue weighted by molar-refractivity contribution is 8.14. The third-order valence-corrected chi connectivity index (χ3v) is 5.44. The van der Waals surface area contributed by atoms with Gasteiger partial charge in [-0.3, -0.25) is 4.99 Å². The highest BCUT2D eigenvalue weighted by atomic mass is 32.2. The van der Waals surface area contributed by atoms with Crippen molar-refractivity contribution < 1.29 is 0 Å². The van der Waals surface area contributed by atoms with Gasteiger partial charge >= 0.3 is 0 Å². The number of amidine groups is 1. The molecule has 0 aromatic heterocycles. The van der Waals surface area contributed by atoms with E-state index in [9.17, 15) is 0 Å². The summed E-state index contributed by atoms with van der Waals surface area (Å²) in [7, 11) is 0. The lowest BCUT2D eigenvalue weighted by Gasteiger charge is -2.32. The summed E-state index contributed by atoms with van der Waals surface area (Å²) in [6, 6.07) is 10.8. The molecule has 1 atom stereocenters. The van der Waals surface area contributed by atoms with Crippen LogP contribution in [0.15, 0.2) is 35.3 Å². The normalized spacial score (nSPS) is 25.4. The van der Waals surface area contributed by atoms with E-state index < -0.39 is 0 Å². The van der Waals surface area contributed by atoms with Crippen LogP contribution in [0, 0.1) is 0 Å². The zero-order valence-corrected chi connectivity index (χ0v) is 12.4. The summed E-state index contributed by atoms with van der Waals surface area (Å²) >= 11 is 1.91. The van der Waals surface area contributed by atoms with Crippen LogP contribution >= 0.6 is 11.8 Å². The largest absolute Gasteiger partial charge is 0.359 e. The third-order valence-electron chi connectivity index (χ3n) is 4.26. The van der Waals surface area contributed by atoms with Gasteiger partial charge in [-0.2, -0.15) is 0 Å². The number of thioether (sulfide) groups is 1. The second-order valence-electron chi connectivity index (χ2n) is 5.78. The Morgan fingerprint density at radius 3 is 2.63 bits per heavy atom. The topological polar surface area (TPSA) is 24.4 Å². The van der Waals surface area contributed by atoms with E-state index in [1.165, 1.54) is 43.4 Å². The Balaban J connectivity index is 1.68. The fourth-order valence-corrected chi connectivity index (χ4v) is 4.35. The Labute approximate surface area is 120 Å². The van der Waals surface area contributed by atoms with E-state index >= 15 is 0 Å². The average molecular weight is 274 g/mol. The van der Waals surface area contributed by atoms with Gasteiger partial charge in [0.25, 0.3) is 0 Å². The fourth-order valence-electron chi connectivity index (χ4n) is 3.05. The zero-order chi connectivity index (χ0) is 13.1. The number of benzene rings is 1. The van der Waals surface area contributed by atoms with Crippen LogP contribution in [0.4, 0.5) is 0 Å². The number of hydrogen-bond acceptors (Lipinski definition) is 2. The van der Waals surface area contributed by atoms with E-state index in [2.05, 4.69) is 42.6 Å². The van der Waals surface area contributed by atoms with E-state index in [4.69, 9.17) is 4.99 Å². The summed E-state index contributed by atoms with van der Waals surface area (Å²) in [6.45, 7) is 2.18. The van der Waals surface area contributed by atoms with Crippen molar-refractivity contribution in [2.24, 2.45) is 4.99 Å². The summed E-state index contributed by atoms with van der Waals surface area (Å²) in [4.78, 5) is 4.86. The predicted molar refractivity (Wildman–Crippen MR) is 83.7 cm³/mol. The molecule has 1 aromatic carbocycles. The Morgan fingerprint density at radius 2 is 1.89 bits per heavy atom. The van der Waals surface area contributed by atoms with Gasteiger partial charge in [-0.25, -0.2) is 0 Å². The van der Waals surface area contributed by atoms with Crippen molar-refractivity contribution >= 4 is 16.9 Å². The predicted octanol–water partition coefficient (Wildman–Crippen LogP) is 4.14. The second kappa shape index (κ2) is 5.58. The molecule has 1 N–H and O–H groups in total. The molecule has 1 spiro atoms. The van der Waals surface area contributed by atoms with Crippen molar-refractivity contribution in [3.8, 4) is 0 Å². The lowest BCUT2D eigenvalue weighted by Crippen LogP contribution is -2.45. The van der Waals surface area contributed by atoms with Crippen LogP contribution in [-0.2, 0) is 0 Å². The number of nitrogens with one attached hydrogen (secondary N) is 1. The summed E-state index contributed by atoms with van der Waals surface area (Å²) in [5.41, 5.74) is 1.65. The first-order valence-corrected chi connectivity index (χ1v) is 8.30. The first kappa shape index (κ1) is 13.0. The van der Waals surface area contributed by atoms with E-state index in [0.29, 0.717) is 5.54 Å². The van der Waals surface area contributed by atoms with Gasteiger partial charge in [0.05, 0.1) is 6.04 Å². The highest BCUT2D eigenvalue weighted by Gasteiger charge is 2.38. The van der Waals surface area contributed by atoms with Crippen molar-refractivity contribution in [3.05, 3.63) is 35.9 Å². The molecule has 0 bridgehead atoms. The molecular formula is C16H22N2S. The van der Waals surface area contributed by atoms with E-state index in [-0.39, 0.29) is 6.04 Å². The van der Waals surface area contributed by atoms with Crippen LogP contribution in [0.3, 0.4) is 0 Å². The van der Waals surface area contributed by atoms with E-state index in [1.807, 2.05) is 11.8 Å². The molecule has 19 heavy (non-hydrogen) atoms. The maximum absolute atomic E-state index is 4.86. The maximum atomic E-state index is 4.86. The SMILES string of the molecule is CC(N=C1NC2(CCCCC2)CS1)c1ccccc1. The number of rotatable bonds is 2. The molecule has 2 nitrogen and oxygen atoms in total. The number of hydrogen-bond donors (Lipinski definition) is 1. The smallest absolute Gasteiger partial charge is 0.157 e. The van der Waals surface area contributed by atoms with Crippen LogP contribution < -0.4 is 5.32 Å². The monoisotopic (exact) mass is 274 g/mol. The molecule has 1 heterocycles. The lowest BCUT2D eigenvalue weighted by molar-refractivity contribution is 0.303. The van der Waals surface area contributed by atoms with Gasteiger partial charge in [0.1, 0.15) is 0 Å². The standard InChI is InChI=1S/C16H22N2S/c1-13(14-8-4-2-5-9-14)17-15-18-16(12-19-15)10-6-3-7-11-16/h2,4-5,8-9,13H,3,6-7,10-12H2,1H3,(H,17,18). The Hall–Kier alpha value is -0.960. The zero-order valence-electron chi connectivity index (χ0n) is 11.6. The molecule has 2 aliphatic rings. The van der Waals surface area contributed by atoms with Crippen molar-refractivity contribution in [1.82, 2.24) is 5.32 Å². The second-order valence-corrected chi connectivity index (χ2v) is 6.74. The molecule has 1 aromatic rings. The van der Waals surface area contributed by atoms with Gasteiger partial charge in [-0.1, -0.05) is 61.4 Å². The van der Waals surface area contributed by atoms with Crippen molar-refractivity contribution in [3.63, 3.8) is 0 Å². The lowest BCUT2D eigenvalue weighted by atomic mass is 9.83. The van der Waals surface area contributed by atoms with E-state index in [0.717, 1.165) is 5.17 Å². The quantitative estimate of drug-likeness (QED) is 0.876. The maximum Gasteiger partial charge on any atom is 0.157 e. The first-order chi connectivity index (χ1) is 9.27. The highest BCUT2D eigenvalue weighted by Crippen LogP contribution is 2.36. The van der Waals surface area contributed by atoms with Gasteiger partial charge < -0.3 is 5.32 Å². The summed E-state index contributed by atoms with van der Waals surface area (Å²) < 4.78 is 0. The van der Waals surface area contributed by atoms with Crippen LogP contribution in [0.25, 0.3) is 0 Å². The Morgan fingerprint density at radius 1 is 1.16 bits per heavy atom. The molecule has 102 valence electrons. The van der Waals surface area contributed by atoms with Gasteiger partial charge in [0, 0.05) is 11.3 Å². The first-order valence-electron chi connectivity index (χ1n) is 7.31. The molecular weight excluding hydrogens is 252 g/mol. The summed E-state index contributed by atoms with van der Waals surface area (Å²) in [5.74, 6) is 1.20. The molecule has 0 radical (unpaired) electrons. The van der Waals surface area contributed by atoms with Gasteiger partial charge in [-0.05, 0) is 25.3 Å². The van der Waals surface area contributed by atoms with E-state index in [1.54, 1.807) is 0 Å². The minimum atomic E-state index is 0.245. The van der Waals surface area contributed by atoms with Gasteiger partial charge in [0.15, 0.2) is 5.17 Å². The molecule has 1 aliphatic carbocycles. The van der Waals surface area contributed by atoms with Crippen molar-refractivity contribution in [2.75, 3.05) is 5.75 Å². The minimum absolute atomic E-state index is 0.245. The van der Waals surface area contributed by atoms with Crippen molar-refractivity contribution in [2.45, 2.75) is 50.6 Å². The van der Waals surface area contributed by atoms with Crippen LogP contribution in [-0.4, -0.2) is 16.5 Å². The van der Waals surface area contributed by atoms with Crippen LogP contribution in [0.2, 0.25) is 0 Å². The summed E-state index contributed by atoms with van der Waals surface area (Å²) in [6.07, 6.45) is 6.78. The molecule has 1 saturated heterocycles. The Kier molecular flexibility index (Phi) is 3.83. The van der Waals surface area contributed by atoms with Gasteiger partial charge in [-0.15, -0.1) is 0 Å². The summed E-state index contributed by atoms with van der Waals surface area (Å²) in [5, 5.41) is 4.87. The van der Waals surface area contributed by atoms with Gasteiger partial charge in [0.2, 0.25) is 0 Å². The third kappa shape index (κ3) is 2.97. The minimum Gasteiger partial charge on any atom is -0.359 e.